The number of nitrogens with zero attached hydrogens (tertiary/aromatic N) is 4. The van der Waals surface area contributed by atoms with Crippen LogP contribution in [-0.4, -0.2) is 52.6 Å². The molecule has 10 heteroatoms. The lowest BCUT2D eigenvalue weighted by molar-refractivity contribution is -0.150. The van der Waals surface area contributed by atoms with Crippen molar-refractivity contribution in [2.75, 3.05) is 6.61 Å². The second-order valence-electron chi connectivity index (χ2n) is 8.57. The zero-order valence-corrected chi connectivity index (χ0v) is 19.7. The molecule has 2 aromatic heterocycles. The van der Waals surface area contributed by atoms with Crippen LogP contribution in [0.5, 0.6) is 0 Å². The van der Waals surface area contributed by atoms with Crippen molar-refractivity contribution < 1.29 is 18.7 Å². The number of rotatable bonds is 5. The van der Waals surface area contributed by atoms with E-state index >= 15 is 0 Å². The van der Waals surface area contributed by atoms with Crippen molar-refractivity contribution in [3.05, 3.63) is 17.3 Å². The molecule has 3 heterocycles. The van der Waals surface area contributed by atoms with Gasteiger partial charge in [0.25, 0.3) is 0 Å². The van der Waals surface area contributed by atoms with E-state index in [4.69, 9.17) is 13.9 Å². The van der Waals surface area contributed by atoms with E-state index in [0.717, 1.165) is 0 Å². The van der Waals surface area contributed by atoms with Crippen molar-refractivity contribution in [2.24, 2.45) is 0 Å². The molecule has 3 atom stereocenters. The van der Waals surface area contributed by atoms with E-state index < -0.39 is 8.32 Å². The quantitative estimate of drug-likeness (QED) is 0.372. The number of hydrogen-bond acceptors (Lipinski definition) is 7. The topological polar surface area (TPSA) is 88.4 Å². The number of carbonyl (C=O) groups excluding carboxylic acids is 1. The maximum absolute atomic E-state index is 11.6. The molecule has 3 rings (SSSR count). The molecule has 0 spiro atoms. The first-order valence-electron chi connectivity index (χ1n) is 9.29. The summed E-state index contributed by atoms with van der Waals surface area (Å²) in [6.45, 7) is 12.8. The number of ether oxygens (including phenoxy) is 2. The van der Waals surface area contributed by atoms with Gasteiger partial charge in [0, 0.05) is 13.3 Å². The maximum Gasteiger partial charge on any atom is 0.302 e. The van der Waals surface area contributed by atoms with E-state index in [0.29, 0.717) is 28.8 Å². The second-order valence-corrected chi connectivity index (χ2v) is 14.1. The van der Waals surface area contributed by atoms with Crippen LogP contribution in [0.3, 0.4) is 0 Å². The number of esters is 1. The molecule has 1 aliphatic rings. The number of carbonyl (C=O) groups is 1. The minimum absolute atomic E-state index is 0.0890. The van der Waals surface area contributed by atoms with Gasteiger partial charge in [-0.15, -0.1) is 0 Å². The van der Waals surface area contributed by atoms with Crippen molar-refractivity contribution in [3.8, 4) is 0 Å². The van der Waals surface area contributed by atoms with Gasteiger partial charge in [0.05, 0.1) is 12.9 Å². The van der Waals surface area contributed by atoms with Crippen LogP contribution in [0, 0.1) is 0 Å². The predicted octanol–water partition coefficient (Wildman–Crippen LogP) is 3.83. The highest BCUT2D eigenvalue weighted by atomic mass is 79.9. The summed E-state index contributed by atoms with van der Waals surface area (Å²) in [5.74, 6) is -0.327. The van der Waals surface area contributed by atoms with E-state index in [2.05, 4.69) is 64.7 Å². The smallest absolute Gasteiger partial charge is 0.302 e. The Bertz CT molecular complexity index is 867. The van der Waals surface area contributed by atoms with Crippen molar-refractivity contribution in [2.45, 2.75) is 70.7 Å². The van der Waals surface area contributed by atoms with Crippen LogP contribution >= 0.6 is 15.9 Å². The van der Waals surface area contributed by atoms with Gasteiger partial charge in [0.2, 0.25) is 0 Å². The van der Waals surface area contributed by atoms with Crippen LogP contribution in [0.1, 0.15) is 40.3 Å². The van der Waals surface area contributed by atoms with Crippen LogP contribution in [-0.2, 0) is 18.7 Å². The molecule has 154 valence electrons. The van der Waals surface area contributed by atoms with Gasteiger partial charge in [-0.2, -0.15) is 0 Å². The van der Waals surface area contributed by atoms with Crippen LogP contribution in [0.25, 0.3) is 11.2 Å². The molecule has 0 unspecified atom stereocenters. The minimum atomic E-state index is -1.95. The summed E-state index contributed by atoms with van der Waals surface area (Å²) in [5, 5.41) is 0.0890. The average Bonchev–Trinajstić information content (AvgIpc) is 3.16. The normalized spacial score (nSPS) is 23.3. The Kier molecular flexibility index (Phi) is 5.95. The fourth-order valence-electron chi connectivity index (χ4n) is 2.90. The number of fused-ring (bicyclic) bond motifs is 1. The summed E-state index contributed by atoms with van der Waals surface area (Å²) in [4.78, 5) is 24.4. The number of imidazole rings is 1. The van der Waals surface area contributed by atoms with Gasteiger partial charge >= 0.3 is 5.97 Å². The van der Waals surface area contributed by atoms with E-state index in [9.17, 15) is 4.79 Å². The summed E-state index contributed by atoms with van der Waals surface area (Å²) < 4.78 is 20.6. The molecule has 0 aromatic carbocycles. The van der Waals surface area contributed by atoms with Crippen molar-refractivity contribution in [1.82, 2.24) is 19.5 Å². The van der Waals surface area contributed by atoms with Gasteiger partial charge in [-0.05, 0) is 34.1 Å². The SMILES string of the molecule is CC(=O)O[C@H]1C[C@H](n2cnc3c(Br)ncnc32)O[C@H]1CO[Si](C)(C)C(C)(C)C. The standard InChI is InChI=1S/C18H27BrN4O4Si/c1-11(24)26-12-7-14(23-10-22-15-16(19)20-9-21-17(15)23)27-13(12)8-25-28(5,6)18(2,3)4/h9-10,12-14H,7-8H2,1-6H3/t12-,13-,14+/m0/s1. The Morgan fingerprint density at radius 3 is 2.71 bits per heavy atom. The lowest BCUT2D eigenvalue weighted by Crippen LogP contribution is -2.44. The van der Waals surface area contributed by atoms with Gasteiger partial charge in [0.15, 0.2) is 14.0 Å². The van der Waals surface area contributed by atoms with Crippen molar-refractivity contribution in [3.63, 3.8) is 0 Å². The van der Waals surface area contributed by atoms with Crippen LogP contribution in [0.4, 0.5) is 0 Å². The summed E-state index contributed by atoms with van der Waals surface area (Å²) in [6.07, 6.45) is 2.60. The molecule has 1 saturated heterocycles. The highest BCUT2D eigenvalue weighted by Gasteiger charge is 2.43. The Morgan fingerprint density at radius 2 is 2.07 bits per heavy atom. The van der Waals surface area contributed by atoms with E-state index in [-0.39, 0.29) is 29.4 Å². The number of aromatic nitrogens is 4. The van der Waals surface area contributed by atoms with E-state index in [1.165, 1.54) is 13.3 Å². The molecule has 2 aromatic rings. The predicted molar refractivity (Wildman–Crippen MR) is 110 cm³/mol. The Balaban J connectivity index is 1.80. The molecular formula is C18H27BrN4O4Si. The molecular weight excluding hydrogens is 444 g/mol. The monoisotopic (exact) mass is 470 g/mol. The molecule has 1 fully saturated rings. The minimum Gasteiger partial charge on any atom is -0.460 e. The Labute approximate surface area is 174 Å². The van der Waals surface area contributed by atoms with Crippen molar-refractivity contribution in [1.29, 1.82) is 0 Å². The second kappa shape index (κ2) is 7.81. The van der Waals surface area contributed by atoms with Gasteiger partial charge < -0.3 is 13.9 Å². The highest BCUT2D eigenvalue weighted by molar-refractivity contribution is 9.10. The van der Waals surface area contributed by atoms with Gasteiger partial charge in [-0.1, -0.05) is 20.8 Å². The molecule has 0 radical (unpaired) electrons. The first kappa shape index (κ1) is 21.3. The Hall–Kier alpha value is -1.36. The van der Waals surface area contributed by atoms with Gasteiger partial charge in [-0.25, -0.2) is 15.0 Å². The van der Waals surface area contributed by atoms with Crippen molar-refractivity contribution >= 4 is 41.4 Å². The third kappa shape index (κ3) is 4.29. The van der Waals surface area contributed by atoms with Crippen LogP contribution in [0.15, 0.2) is 17.3 Å². The molecule has 8 nitrogen and oxygen atoms in total. The summed E-state index contributed by atoms with van der Waals surface area (Å²) >= 11 is 3.39. The van der Waals surface area contributed by atoms with E-state index in [1.807, 2.05) is 4.57 Å². The van der Waals surface area contributed by atoms with Crippen LogP contribution in [0.2, 0.25) is 18.1 Å². The summed E-state index contributed by atoms with van der Waals surface area (Å²) in [5.41, 5.74) is 1.33. The van der Waals surface area contributed by atoms with E-state index in [1.54, 1.807) is 6.33 Å². The fourth-order valence-corrected chi connectivity index (χ4v) is 4.28. The lowest BCUT2D eigenvalue weighted by atomic mass is 10.2. The van der Waals surface area contributed by atoms with Gasteiger partial charge in [0.1, 0.15) is 34.9 Å². The summed E-state index contributed by atoms with van der Waals surface area (Å²) in [7, 11) is -1.95. The number of halogens is 1. The first-order valence-corrected chi connectivity index (χ1v) is 13.0. The first-order chi connectivity index (χ1) is 13.0. The largest absolute Gasteiger partial charge is 0.460 e. The molecule has 0 aliphatic carbocycles. The summed E-state index contributed by atoms with van der Waals surface area (Å²) in [6, 6.07) is 0. The zero-order valence-electron chi connectivity index (χ0n) is 17.1. The Morgan fingerprint density at radius 1 is 1.36 bits per heavy atom. The number of hydrogen-bond donors (Lipinski definition) is 0. The fraction of sp³-hybridized carbons (Fsp3) is 0.667. The van der Waals surface area contributed by atoms with Gasteiger partial charge in [-0.3, -0.25) is 9.36 Å². The molecule has 0 bridgehead atoms. The average molecular weight is 471 g/mol. The molecule has 0 amide bonds. The highest BCUT2D eigenvalue weighted by Crippen LogP contribution is 2.38. The molecule has 28 heavy (non-hydrogen) atoms. The zero-order chi connectivity index (χ0) is 20.7. The molecule has 1 aliphatic heterocycles. The molecule has 0 N–H and O–H groups in total. The third-order valence-corrected chi connectivity index (χ3v) is 10.6. The maximum atomic E-state index is 11.6. The molecule has 0 saturated carbocycles. The lowest BCUT2D eigenvalue weighted by Gasteiger charge is -2.37. The third-order valence-electron chi connectivity index (χ3n) is 5.54. The van der Waals surface area contributed by atoms with Crippen LogP contribution < -0.4 is 0 Å².